The Bertz CT molecular complexity index is 180. The Balaban J connectivity index is 3.97. The fraction of sp³-hybridized carbons (Fsp3) is 0.923. The maximum Gasteiger partial charge on any atom is 0.335 e. The molecule has 0 heterocycles. The highest BCUT2D eigenvalue weighted by molar-refractivity contribution is 5.74. The first-order chi connectivity index (χ1) is 7.65. The molecule has 0 N–H and O–H groups in total. The van der Waals surface area contributed by atoms with Crippen molar-refractivity contribution in [1.29, 1.82) is 0 Å². The number of rotatable bonds is 9. The number of ether oxygens (including phenoxy) is 2. The summed E-state index contributed by atoms with van der Waals surface area (Å²) in [4.78, 5) is 11.6. The predicted molar refractivity (Wildman–Crippen MR) is 65.4 cm³/mol. The van der Waals surface area contributed by atoms with Crippen LogP contribution in [0.15, 0.2) is 0 Å². The molecule has 0 saturated carbocycles. The van der Waals surface area contributed by atoms with E-state index >= 15 is 0 Å². The van der Waals surface area contributed by atoms with Crippen LogP contribution in [0.25, 0.3) is 0 Å². The van der Waals surface area contributed by atoms with Crippen molar-refractivity contribution in [1.82, 2.24) is 0 Å². The molecule has 2 atom stereocenters. The van der Waals surface area contributed by atoms with Crippen LogP contribution in [0, 0.1) is 5.92 Å². The maximum atomic E-state index is 11.6. The lowest BCUT2D eigenvalue weighted by molar-refractivity contribution is -0.158. The third-order valence-electron chi connectivity index (χ3n) is 2.46. The molecule has 0 aromatic rings. The lowest BCUT2D eigenvalue weighted by Crippen LogP contribution is -2.28. The predicted octanol–water partition coefficient (Wildman–Crippen LogP) is 3.17. The van der Waals surface area contributed by atoms with Gasteiger partial charge in [-0.1, -0.05) is 33.6 Å². The minimum absolute atomic E-state index is 0.215. The van der Waals surface area contributed by atoms with Gasteiger partial charge in [-0.15, -0.1) is 0 Å². The Hall–Kier alpha value is -0.570. The summed E-state index contributed by atoms with van der Waals surface area (Å²) in [5.74, 6) is 0.298. The van der Waals surface area contributed by atoms with Crippen molar-refractivity contribution in [2.45, 2.75) is 59.5 Å². The topological polar surface area (TPSA) is 35.5 Å². The van der Waals surface area contributed by atoms with Gasteiger partial charge in [0.15, 0.2) is 6.10 Å². The van der Waals surface area contributed by atoms with Gasteiger partial charge in [-0.3, -0.25) is 0 Å². The molecular weight excluding hydrogens is 204 g/mol. The van der Waals surface area contributed by atoms with Crippen LogP contribution in [0.2, 0.25) is 0 Å². The van der Waals surface area contributed by atoms with Gasteiger partial charge in [0, 0.05) is 0 Å². The van der Waals surface area contributed by atoms with E-state index in [1.54, 1.807) is 0 Å². The van der Waals surface area contributed by atoms with Crippen molar-refractivity contribution in [2.24, 2.45) is 5.92 Å². The molecule has 3 nitrogen and oxygen atoms in total. The number of carbonyl (C=O) groups excluding carboxylic acids is 1. The average Bonchev–Trinajstić information content (AvgIpc) is 2.24. The van der Waals surface area contributed by atoms with E-state index in [0.717, 1.165) is 25.7 Å². The van der Waals surface area contributed by atoms with Crippen LogP contribution in [0.3, 0.4) is 0 Å². The second kappa shape index (κ2) is 9.64. The van der Waals surface area contributed by atoms with Crippen LogP contribution >= 0.6 is 0 Å². The highest BCUT2D eigenvalue weighted by Gasteiger charge is 2.20. The van der Waals surface area contributed by atoms with Gasteiger partial charge in [-0.25, -0.2) is 4.79 Å². The van der Waals surface area contributed by atoms with E-state index < -0.39 is 0 Å². The summed E-state index contributed by atoms with van der Waals surface area (Å²) < 4.78 is 10.6. The number of hydrogen-bond acceptors (Lipinski definition) is 3. The third-order valence-corrected chi connectivity index (χ3v) is 2.46. The zero-order chi connectivity index (χ0) is 12.4. The molecule has 0 amide bonds. The first-order valence-corrected chi connectivity index (χ1v) is 6.43. The first kappa shape index (κ1) is 15.4. The van der Waals surface area contributed by atoms with Gasteiger partial charge in [0.25, 0.3) is 0 Å². The zero-order valence-electron chi connectivity index (χ0n) is 11.1. The Kier molecular flexibility index (Phi) is 9.30. The Labute approximate surface area is 99.5 Å². The van der Waals surface area contributed by atoms with Gasteiger partial charge in [0.1, 0.15) is 0 Å². The van der Waals surface area contributed by atoms with Gasteiger partial charge in [0.05, 0.1) is 13.2 Å². The molecule has 0 aliphatic rings. The van der Waals surface area contributed by atoms with Gasteiger partial charge >= 0.3 is 5.97 Å². The minimum Gasteiger partial charge on any atom is -0.464 e. The van der Waals surface area contributed by atoms with E-state index in [0.29, 0.717) is 19.1 Å². The standard InChI is InChI=1S/C13H26O3/c1-5-8-11(4)10-16-12(9-6-2)13(14)15-7-3/h11-12H,5-10H2,1-4H3. The molecule has 0 radical (unpaired) electrons. The smallest absolute Gasteiger partial charge is 0.335 e. The SMILES string of the molecule is CCCC(C)COC(CCC)C(=O)OCC. The molecule has 2 unspecified atom stereocenters. The Morgan fingerprint density at radius 1 is 1.12 bits per heavy atom. The molecule has 3 heteroatoms. The summed E-state index contributed by atoms with van der Waals surface area (Å²) in [6.45, 7) is 9.25. The van der Waals surface area contributed by atoms with Crippen LogP contribution in [0.1, 0.15) is 53.4 Å². The normalized spacial score (nSPS) is 14.5. The summed E-state index contributed by atoms with van der Waals surface area (Å²) in [6, 6.07) is 0. The largest absolute Gasteiger partial charge is 0.464 e. The van der Waals surface area contributed by atoms with E-state index in [1.807, 2.05) is 13.8 Å². The van der Waals surface area contributed by atoms with E-state index in [2.05, 4.69) is 13.8 Å². The maximum absolute atomic E-state index is 11.6. The fourth-order valence-corrected chi connectivity index (χ4v) is 1.62. The second-order valence-corrected chi connectivity index (χ2v) is 4.26. The molecule has 0 aromatic carbocycles. The van der Waals surface area contributed by atoms with Crippen molar-refractivity contribution in [3.05, 3.63) is 0 Å². The van der Waals surface area contributed by atoms with Crippen LogP contribution in [0.5, 0.6) is 0 Å². The molecule has 0 fully saturated rings. The molecule has 0 aliphatic heterocycles. The Morgan fingerprint density at radius 3 is 2.25 bits per heavy atom. The van der Waals surface area contributed by atoms with Crippen LogP contribution in [0.4, 0.5) is 0 Å². The molecule has 96 valence electrons. The quantitative estimate of drug-likeness (QED) is 0.571. The molecule has 0 saturated heterocycles. The molecule has 16 heavy (non-hydrogen) atoms. The molecule has 0 bridgehead atoms. The summed E-state index contributed by atoms with van der Waals surface area (Å²) in [5.41, 5.74) is 0. The fourth-order valence-electron chi connectivity index (χ4n) is 1.62. The summed E-state index contributed by atoms with van der Waals surface area (Å²) >= 11 is 0. The van der Waals surface area contributed by atoms with Crippen molar-refractivity contribution in [3.63, 3.8) is 0 Å². The minimum atomic E-state index is -0.371. The number of esters is 1. The monoisotopic (exact) mass is 230 g/mol. The highest BCUT2D eigenvalue weighted by atomic mass is 16.6. The second-order valence-electron chi connectivity index (χ2n) is 4.26. The first-order valence-electron chi connectivity index (χ1n) is 6.43. The van der Waals surface area contributed by atoms with Crippen molar-refractivity contribution in [2.75, 3.05) is 13.2 Å². The molecular formula is C13H26O3. The lowest BCUT2D eigenvalue weighted by Gasteiger charge is -2.18. The molecule has 0 rings (SSSR count). The van der Waals surface area contributed by atoms with Gasteiger partial charge in [-0.05, 0) is 25.7 Å². The van der Waals surface area contributed by atoms with Crippen LogP contribution in [-0.2, 0) is 14.3 Å². The zero-order valence-corrected chi connectivity index (χ0v) is 11.1. The Morgan fingerprint density at radius 2 is 1.75 bits per heavy atom. The van der Waals surface area contributed by atoms with Crippen molar-refractivity contribution < 1.29 is 14.3 Å². The van der Waals surface area contributed by atoms with Crippen LogP contribution < -0.4 is 0 Å². The van der Waals surface area contributed by atoms with E-state index in [1.165, 1.54) is 0 Å². The highest BCUT2D eigenvalue weighted by Crippen LogP contribution is 2.10. The third kappa shape index (κ3) is 6.83. The lowest BCUT2D eigenvalue weighted by atomic mass is 10.1. The summed E-state index contributed by atoms with van der Waals surface area (Å²) in [7, 11) is 0. The molecule has 0 aromatic heterocycles. The molecule has 0 aliphatic carbocycles. The van der Waals surface area contributed by atoms with Gasteiger partial charge in [-0.2, -0.15) is 0 Å². The van der Waals surface area contributed by atoms with E-state index in [9.17, 15) is 4.79 Å². The molecule has 0 spiro atoms. The number of carbonyl (C=O) groups is 1. The van der Waals surface area contributed by atoms with Gasteiger partial charge in [0.2, 0.25) is 0 Å². The van der Waals surface area contributed by atoms with Crippen molar-refractivity contribution >= 4 is 5.97 Å². The van der Waals surface area contributed by atoms with Crippen LogP contribution in [-0.4, -0.2) is 25.3 Å². The van der Waals surface area contributed by atoms with Crippen molar-refractivity contribution in [3.8, 4) is 0 Å². The van der Waals surface area contributed by atoms with E-state index in [-0.39, 0.29) is 12.1 Å². The number of hydrogen-bond donors (Lipinski definition) is 0. The average molecular weight is 230 g/mol. The summed E-state index contributed by atoms with van der Waals surface area (Å²) in [5, 5.41) is 0. The van der Waals surface area contributed by atoms with Gasteiger partial charge < -0.3 is 9.47 Å². The summed E-state index contributed by atoms with van der Waals surface area (Å²) in [6.07, 6.45) is 3.61. The van der Waals surface area contributed by atoms with E-state index in [4.69, 9.17) is 9.47 Å².